The molecule has 6 nitrogen and oxygen atoms in total. The van der Waals surface area contributed by atoms with Gasteiger partial charge in [0.25, 0.3) is 0 Å². The minimum atomic E-state index is -0.474. The first-order valence-electron chi connectivity index (χ1n) is 5.49. The van der Waals surface area contributed by atoms with Crippen molar-refractivity contribution in [3.05, 3.63) is 34.5 Å². The van der Waals surface area contributed by atoms with E-state index >= 15 is 0 Å². The van der Waals surface area contributed by atoms with Crippen LogP contribution in [0.25, 0.3) is 11.0 Å². The zero-order chi connectivity index (χ0) is 14.0. The summed E-state index contributed by atoms with van der Waals surface area (Å²) in [5.74, 6) is -0.470. The summed E-state index contributed by atoms with van der Waals surface area (Å²) in [6.07, 6.45) is 0. The fourth-order valence-electron chi connectivity index (χ4n) is 1.60. The van der Waals surface area contributed by atoms with Crippen LogP contribution in [-0.2, 0) is 9.59 Å². The molecule has 19 heavy (non-hydrogen) atoms. The molecule has 1 heterocycles. The lowest BCUT2D eigenvalue weighted by atomic mass is 10.2. The average molecular weight is 261 g/mol. The highest BCUT2D eigenvalue weighted by Gasteiger charge is 2.08. The molecule has 0 spiro atoms. The average Bonchev–Trinajstić information content (AvgIpc) is 2.28. The predicted octanol–water partition coefficient (Wildman–Crippen LogP) is 1.68. The number of amides is 1. The van der Waals surface area contributed by atoms with Gasteiger partial charge in [-0.3, -0.25) is 19.7 Å². The highest BCUT2D eigenvalue weighted by Crippen LogP contribution is 2.21. The van der Waals surface area contributed by atoms with E-state index in [0.717, 1.165) is 0 Å². The summed E-state index contributed by atoms with van der Waals surface area (Å²) in [7, 11) is 0. The molecule has 0 saturated carbocycles. The summed E-state index contributed by atoms with van der Waals surface area (Å²) in [5.41, 5.74) is -0.0360. The Labute approximate surface area is 108 Å². The van der Waals surface area contributed by atoms with Gasteiger partial charge in [0.2, 0.25) is 11.8 Å². The zero-order valence-corrected chi connectivity index (χ0v) is 10.4. The molecule has 6 heteroatoms. The molecule has 0 unspecified atom stereocenters. The van der Waals surface area contributed by atoms with Crippen molar-refractivity contribution in [2.45, 2.75) is 13.8 Å². The van der Waals surface area contributed by atoms with Crippen LogP contribution in [-0.4, -0.2) is 11.9 Å². The highest BCUT2D eigenvalue weighted by molar-refractivity contribution is 5.88. The van der Waals surface area contributed by atoms with Gasteiger partial charge < -0.3 is 9.15 Å². The van der Waals surface area contributed by atoms with Gasteiger partial charge in [-0.2, -0.15) is 0 Å². The van der Waals surface area contributed by atoms with Crippen LogP contribution < -0.4 is 15.5 Å². The van der Waals surface area contributed by atoms with Crippen LogP contribution >= 0.6 is 0 Å². The number of rotatable bonds is 2. The van der Waals surface area contributed by atoms with Crippen LogP contribution in [0, 0.1) is 0 Å². The fraction of sp³-hybridized carbons (Fsp3) is 0.154. The molecular weight excluding hydrogens is 250 g/mol. The summed E-state index contributed by atoms with van der Waals surface area (Å²) in [4.78, 5) is 33.6. The molecule has 1 amide bonds. The van der Waals surface area contributed by atoms with Gasteiger partial charge in [0.15, 0.2) is 5.43 Å². The van der Waals surface area contributed by atoms with Gasteiger partial charge >= 0.3 is 5.97 Å². The smallest absolute Gasteiger partial charge is 0.308 e. The Kier molecular flexibility index (Phi) is 3.33. The van der Waals surface area contributed by atoms with Crippen LogP contribution in [0.15, 0.2) is 33.5 Å². The molecule has 0 fully saturated rings. The third-order valence-corrected chi connectivity index (χ3v) is 2.26. The lowest BCUT2D eigenvalue weighted by Gasteiger charge is -2.05. The molecule has 0 bridgehead atoms. The second-order valence-corrected chi connectivity index (χ2v) is 3.91. The van der Waals surface area contributed by atoms with E-state index in [0.29, 0.717) is 5.58 Å². The largest absolute Gasteiger partial charge is 0.440 e. The zero-order valence-electron chi connectivity index (χ0n) is 10.4. The molecule has 1 aromatic carbocycles. The van der Waals surface area contributed by atoms with Gasteiger partial charge in [-0.25, -0.2) is 0 Å². The van der Waals surface area contributed by atoms with E-state index in [2.05, 4.69) is 5.32 Å². The maximum absolute atomic E-state index is 11.9. The predicted molar refractivity (Wildman–Crippen MR) is 68.1 cm³/mol. The molecular formula is C13H11NO5. The normalized spacial score (nSPS) is 10.2. The number of anilines is 1. The maximum atomic E-state index is 11.9. The Morgan fingerprint density at radius 3 is 2.58 bits per heavy atom. The molecule has 2 aromatic rings. The number of ether oxygens (including phenoxy) is 1. The van der Waals surface area contributed by atoms with Crippen molar-refractivity contribution in [3.63, 3.8) is 0 Å². The number of fused-ring (bicyclic) bond motifs is 1. The molecule has 1 N–H and O–H groups in total. The lowest BCUT2D eigenvalue weighted by Crippen LogP contribution is -2.09. The first-order chi connectivity index (χ1) is 8.95. The van der Waals surface area contributed by atoms with E-state index in [-0.39, 0.29) is 28.4 Å². The second kappa shape index (κ2) is 4.93. The molecule has 0 aliphatic rings. The monoisotopic (exact) mass is 261 g/mol. The minimum Gasteiger partial charge on any atom is -0.440 e. The third-order valence-electron chi connectivity index (χ3n) is 2.26. The summed E-state index contributed by atoms with van der Waals surface area (Å²) in [6.45, 7) is 2.58. The topological polar surface area (TPSA) is 85.6 Å². The van der Waals surface area contributed by atoms with Gasteiger partial charge in [0.1, 0.15) is 11.3 Å². The number of carbonyl (C=O) groups is 2. The van der Waals surface area contributed by atoms with Crippen molar-refractivity contribution >= 4 is 28.7 Å². The number of hydrogen-bond donors (Lipinski definition) is 1. The Balaban J connectivity index is 2.50. The first-order valence-corrected chi connectivity index (χ1v) is 5.49. The molecule has 1 aromatic heterocycles. The van der Waals surface area contributed by atoms with Crippen LogP contribution in [0.4, 0.5) is 5.88 Å². The quantitative estimate of drug-likeness (QED) is 0.656. The molecule has 2 rings (SSSR count). The van der Waals surface area contributed by atoms with Crippen LogP contribution in [0.2, 0.25) is 0 Å². The third kappa shape index (κ3) is 2.98. The highest BCUT2D eigenvalue weighted by atomic mass is 16.5. The molecule has 0 aliphatic heterocycles. The van der Waals surface area contributed by atoms with Crippen molar-refractivity contribution < 1.29 is 18.7 Å². The number of benzene rings is 1. The molecule has 0 atom stereocenters. The standard InChI is InChI=1S/C13H11NO5/c1-7(15)14-13-6-11(17)10-5-9(18-8(2)16)3-4-12(10)19-13/h3-6H,1-2H3,(H,14,15). The Morgan fingerprint density at radius 2 is 1.95 bits per heavy atom. The Morgan fingerprint density at radius 1 is 1.21 bits per heavy atom. The van der Waals surface area contributed by atoms with E-state index in [1.54, 1.807) is 0 Å². The van der Waals surface area contributed by atoms with Crippen LogP contribution in [0.5, 0.6) is 5.75 Å². The lowest BCUT2D eigenvalue weighted by molar-refractivity contribution is -0.131. The van der Waals surface area contributed by atoms with E-state index in [1.165, 1.54) is 38.1 Å². The maximum Gasteiger partial charge on any atom is 0.308 e. The molecule has 98 valence electrons. The van der Waals surface area contributed by atoms with Gasteiger partial charge in [-0.05, 0) is 18.2 Å². The van der Waals surface area contributed by atoms with Crippen molar-refractivity contribution in [2.75, 3.05) is 5.32 Å². The van der Waals surface area contributed by atoms with Crippen molar-refractivity contribution in [2.24, 2.45) is 0 Å². The number of esters is 1. The van der Waals surface area contributed by atoms with E-state index in [1.807, 2.05) is 0 Å². The first kappa shape index (κ1) is 12.8. The van der Waals surface area contributed by atoms with Gasteiger partial charge in [0.05, 0.1) is 5.39 Å². The number of hydrogen-bond acceptors (Lipinski definition) is 5. The van der Waals surface area contributed by atoms with Gasteiger partial charge in [-0.1, -0.05) is 0 Å². The summed E-state index contributed by atoms with van der Waals surface area (Å²) < 4.78 is 10.2. The molecule has 0 radical (unpaired) electrons. The number of carbonyl (C=O) groups excluding carboxylic acids is 2. The number of nitrogens with one attached hydrogen (secondary N) is 1. The van der Waals surface area contributed by atoms with Crippen molar-refractivity contribution in [3.8, 4) is 5.75 Å². The van der Waals surface area contributed by atoms with Crippen molar-refractivity contribution in [1.82, 2.24) is 0 Å². The second-order valence-electron chi connectivity index (χ2n) is 3.91. The van der Waals surface area contributed by atoms with Crippen molar-refractivity contribution in [1.29, 1.82) is 0 Å². The van der Waals surface area contributed by atoms with E-state index in [9.17, 15) is 14.4 Å². The SMILES string of the molecule is CC(=O)Nc1cc(=O)c2cc(OC(C)=O)ccc2o1. The minimum absolute atomic E-state index is 0.0743. The summed E-state index contributed by atoms with van der Waals surface area (Å²) in [5, 5.41) is 2.66. The Hall–Kier alpha value is -2.63. The van der Waals surface area contributed by atoms with Crippen LogP contribution in [0.1, 0.15) is 13.8 Å². The van der Waals surface area contributed by atoms with Gasteiger partial charge in [0, 0.05) is 19.9 Å². The molecule has 0 aliphatic carbocycles. The van der Waals surface area contributed by atoms with E-state index in [4.69, 9.17) is 9.15 Å². The van der Waals surface area contributed by atoms with E-state index < -0.39 is 5.97 Å². The van der Waals surface area contributed by atoms with Gasteiger partial charge in [-0.15, -0.1) is 0 Å². The Bertz CT molecular complexity index is 717. The summed E-state index contributed by atoms with van der Waals surface area (Å²) >= 11 is 0. The fourth-order valence-corrected chi connectivity index (χ4v) is 1.60. The summed E-state index contributed by atoms with van der Waals surface area (Å²) in [6, 6.07) is 5.59. The van der Waals surface area contributed by atoms with Crippen LogP contribution in [0.3, 0.4) is 0 Å². The molecule has 0 saturated heterocycles.